The smallest absolute Gasteiger partial charge is 0.238 e. The molecule has 4 rings (SSSR count). The number of carbonyl (C=O) groups is 1. The third-order valence-electron chi connectivity index (χ3n) is 5.38. The highest BCUT2D eigenvalue weighted by molar-refractivity contribution is 6.02. The molecule has 1 aliphatic heterocycles. The van der Waals surface area contributed by atoms with Gasteiger partial charge in [-0.3, -0.25) is 9.69 Å². The van der Waals surface area contributed by atoms with Crippen molar-refractivity contribution in [2.24, 2.45) is 0 Å². The van der Waals surface area contributed by atoms with Gasteiger partial charge in [-0.05, 0) is 42.1 Å². The van der Waals surface area contributed by atoms with E-state index in [0.29, 0.717) is 12.1 Å². The topological polar surface area (TPSA) is 59.4 Å². The molecule has 0 aromatic heterocycles. The highest BCUT2D eigenvalue weighted by Gasteiger charge is 2.18. The molecule has 1 N–H and O–H groups in total. The van der Waals surface area contributed by atoms with Crippen LogP contribution in [0.5, 0.6) is 0 Å². The summed E-state index contributed by atoms with van der Waals surface area (Å²) in [6, 6.07) is 23.9. The minimum absolute atomic E-state index is 0.0215. The van der Waals surface area contributed by atoms with Crippen molar-refractivity contribution in [3.05, 3.63) is 72.3 Å². The van der Waals surface area contributed by atoms with Gasteiger partial charge in [-0.25, -0.2) is 0 Å². The van der Waals surface area contributed by atoms with Crippen LogP contribution in [0, 0.1) is 11.3 Å². The van der Waals surface area contributed by atoms with E-state index in [0.717, 1.165) is 54.7 Å². The third-order valence-corrected chi connectivity index (χ3v) is 5.38. The number of nitrogens with zero attached hydrogens (tertiary/aromatic N) is 3. The maximum Gasteiger partial charge on any atom is 0.238 e. The van der Waals surface area contributed by atoms with Gasteiger partial charge in [0.2, 0.25) is 5.91 Å². The highest BCUT2D eigenvalue weighted by Crippen LogP contribution is 2.23. The number of fused-ring (bicyclic) bond motifs is 1. The normalized spacial score (nSPS) is 14.9. The quantitative estimate of drug-likeness (QED) is 0.742. The zero-order chi connectivity index (χ0) is 20.1. The maximum atomic E-state index is 12.7. The van der Waals surface area contributed by atoms with Crippen molar-refractivity contribution in [2.45, 2.75) is 6.42 Å². The minimum Gasteiger partial charge on any atom is -0.370 e. The summed E-state index contributed by atoms with van der Waals surface area (Å²) in [5.74, 6) is 0.0215. The van der Waals surface area contributed by atoms with Crippen LogP contribution in [0.25, 0.3) is 10.8 Å². The summed E-state index contributed by atoms with van der Waals surface area (Å²) in [6.45, 7) is 3.95. The number of rotatable bonds is 4. The fraction of sp³-hybridized carbons (Fsp3) is 0.250. The monoisotopic (exact) mass is 384 g/mol. The molecule has 1 saturated heterocycles. The molecular formula is C24H24N4O. The summed E-state index contributed by atoms with van der Waals surface area (Å²) < 4.78 is 0. The number of amides is 1. The number of nitrogens with one attached hydrogen (secondary N) is 1. The maximum absolute atomic E-state index is 12.7. The van der Waals surface area contributed by atoms with E-state index in [9.17, 15) is 4.79 Å². The van der Waals surface area contributed by atoms with Crippen LogP contribution in [0.2, 0.25) is 0 Å². The van der Waals surface area contributed by atoms with Crippen molar-refractivity contribution in [1.29, 1.82) is 5.26 Å². The average molecular weight is 384 g/mol. The first-order valence-corrected chi connectivity index (χ1v) is 9.98. The lowest BCUT2D eigenvalue weighted by atomic mass is 10.1. The molecule has 1 amide bonds. The molecule has 29 heavy (non-hydrogen) atoms. The van der Waals surface area contributed by atoms with Gasteiger partial charge in [0.15, 0.2) is 0 Å². The molecule has 0 saturated carbocycles. The predicted octanol–water partition coefficient (Wildman–Crippen LogP) is 3.86. The second kappa shape index (κ2) is 8.76. The summed E-state index contributed by atoms with van der Waals surface area (Å²) >= 11 is 0. The van der Waals surface area contributed by atoms with Crippen molar-refractivity contribution in [3.63, 3.8) is 0 Å². The Kier molecular flexibility index (Phi) is 5.73. The van der Waals surface area contributed by atoms with Crippen LogP contribution in [0.15, 0.2) is 66.7 Å². The fourth-order valence-electron chi connectivity index (χ4n) is 3.86. The molecule has 146 valence electrons. The molecule has 0 aliphatic carbocycles. The molecule has 3 aromatic rings. The lowest BCUT2D eigenvalue weighted by molar-refractivity contribution is -0.117. The van der Waals surface area contributed by atoms with Gasteiger partial charge in [0.25, 0.3) is 0 Å². The highest BCUT2D eigenvalue weighted by atomic mass is 16.2. The van der Waals surface area contributed by atoms with Crippen molar-refractivity contribution in [3.8, 4) is 6.07 Å². The zero-order valence-corrected chi connectivity index (χ0v) is 16.3. The Bertz CT molecular complexity index is 1030. The summed E-state index contributed by atoms with van der Waals surface area (Å²) in [5.41, 5.74) is 2.67. The number of hydrogen-bond donors (Lipinski definition) is 1. The molecule has 3 aromatic carbocycles. The summed E-state index contributed by atoms with van der Waals surface area (Å²) in [7, 11) is 0. The Labute approximate surface area is 171 Å². The first kappa shape index (κ1) is 19.0. The molecule has 0 radical (unpaired) electrons. The molecule has 5 heteroatoms. The standard InChI is InChI=1S/C24H24N4O/c25-17-19-9-11-21(12-10-19)28-14-4-13-27(15-16-28)18-24(29)26-23-8-3-6-20-5-1-2-7-22(20)23/h1-3,5-12H,4,13-16,18H2,(H,26,29). The lowest BCUT2D eigenvalue weighted by Gasteiger charge is -2.23. The summed E-state index contributed by atoms with van der Waals surface area (Å²) in [6.07, 6.45) is 1.00. The molecule has 5 nitrogen and oxygen atoms in total. The molecule has 0 unspecified atom stereocenters. The van der Waals surface area contributed by atoms with Crippen molar-refractivity contribution >= 4 is 28.1 Å². The Morgan fingerprint density at radius 3 is 2.55 bits per heavy atom. The first-order valence-electron chi connectivity index (χ1n) is 9.98. The van der Waals surface area contributed by atoms with Gasteiger partial charge in [0, 0.05) is 42.9 Å². The van der Waals surface area contributed by atoms with E-state index in [1.54, 1.807) is 0 Å². The minimum atomic E-state index is 0.0215. The number of anilines is 2. The van der Waals surface area contributed by atoms with Gasteiger partial charge < -0.3 is 10.2 Å². The van der Waals surface area contributed by atoms with E-state index in [4.69, 9.17) is 5.26 Å². The van der Waals surface area contributed by atoms with Crippen molar-refractivity contribution < 1.29 is 4.79 Å². The van der Waals surface area contributed by atoms with E-state index in [1.807, 2.05) is 54.6 Å². The van der Waals surface area contributed by atoms with Crippen LogP contribution in [0.4, 0.5) is 11.4 Å². The Hall–Kier alpha value is -3.36. The van der Waals surface area contributed by atoms with Gasteiger partial charge in [-0.15, -0.1) is 0 Å². The molecule has 1 heterocycles. The van der Waals surface area contributed by atoms with E-state index < -0.39 is 0 Å². The first-order chi connectivity index (χ1) is 14.2. The summed E-state index contributed by atoms with van der Waals surface area (Å²) in [4.78, 5) is 17.2. The molecule has 0 spiro atoms. The largest absolute Gasteiger partial charge is 0.370 e. The fourth-order valence-corrected chi connectivity index (χ4v) is 3.86. The van der Waals surface area contributed by atoms with E-state index >= 15 is 0 Å². The predicted molar refractivity (Wildman–Crippen MR) is 117 cm³/mol. The molecular weight excluding hydrogens is 360 g/mol. The van der Waals surface area contributed by atoms with Crippen LogP contribution in [-0.2, 0) is 4.79 Å². The Morgan fingerprint density at radius 2 is 1.72 bits per heavy atom. The third kappa shape index (κ3) is 4.56. The number of carbonyl (C=O) groups excluding carboxylic acids is 1. The van der Waals surface area contributed by atoms with Gasteiger partial charge in [0.1, 0.15) is 0 Å². The average Bonchev–Trinajstić information content (AvgIpc) is 2.99. The Balaban J connectivity index is 1.36. The second-order valence-corrected chi connectivity index (χ2v) is 7.35. The Morgan fingerprint density at radius 1 is 0.931 bits per heavy atom. The number of nitriles is 1. The second-order valence-electron chi connectivity index (χ2n) is 7.35. The summed E-state index contributed by atoms with van der Waals surface area (Å²) in [5, 5.41) is 14.2. The van der Waals surface area contributed by atoms with E-state index in [2.05, 4.69) is 33.3 Å². The molecule has 0 bridgehead atoms. The molecule has 1 aliphatic rings. The lowest BCUT2D eigenvalue weighted by Crippen LogP contribution is -2.36. The van der Waals surface area contributed by atoms with Crippen LogP contribution in [0.1, 0.15) is 12.0 Å². The van der Waals surface area contributed by atoms with E-state index in [-0.39, 0.29) is 5.91 Å². The van der Waals surface area contributed by atoms with Gasteiger partial charge in [-0.2, -0.15) is 5.26 Å². The van der Waals surface area contributed by atoms with Crippen molar-refractivity contribution in [2.75, 3.05) is 42.9 Å². The van der Waals surface area contributed by atoms with Crippen LogP contribution in [-0.4, -0.2) is 43.5 Å². The molecule has 0 atom stereocenters. The van der Waals surface area contributed by atoms with E-state index in [1.165, 1.54) is 0 Å². The van der Waals surface area contributed by atoms with Crippen LogP contribution < -0.4 is 10.2 Å². The van der Waals surface area contributed by atoms with Gasteiger partial charge >= 0.3 is 0 Å². The number of benzene rings is 3. The van der Waals surface area contributed by atoms with Gasteiger partial charge in [-0.1, -0.05) is 36.4 Å². The van der Waals surface area contributed by atoms with Gasteiger partial charge in [0.05, 0.1) is 18.2 Å². The molecule has 1 fully saturated rings. The van der Waals surface area contributed by atoms with Crippen LogP contribution in [0.3, 0.4) is 0 Å². The SMILES string of the molecule is N#Cc1ccc(N2CCCN(CC(=O)Nc3cccc4ccccc34)CC2)cc1. The number of hydrogen-bond acceptors (Lipinski definition) is 4. The zero-order valence-electron chi connectivity index (χ0n) is 16.3. The van der Waals surface area contributed by atoms with Crippen LogP contribution >= 0.6 is 0 Å². The van der Waals surface area contributed by atoms with Crippen molar-refractivity contribution in [1.82, 2.24) is 4.90 Å².